The molecule has 1 aromatic carbocycles. The van der Waals surface area contributed by atoms with E-state index in [2.05, 4.69) is 42.2 Å². The molecule has 2 rings (SSSR count). The lowest BCUT2D eigenvalue weighted by molar-refractivity contribution is 0.101. The maximum Gasteiger partial charge on any atom is 0.0477 e. The van der Waals surface area contributed by atoms with Crippen molar-refractivity contribution in [2.75, 3.05) is 26.2 Å². The van der Waals surface area contributed by atoms with Crippen molar-refractivity contribution in [3.8, 4) is 0 Å². The normalized spacial score (nSPS) is 25.2. The van der Waals surface area contributed by atoms with Crippen LogP contribution in [0.25, 0.3) is 0 Å². The summed E-state index contributed by atoms with van der Waals surface area (Å²) >= 11 is 0. The van der Waals surface area contributed by atoms with E-state index in [0.29, 0.717) is 18.4 Å². The molecule has 1 aliphatic heterocycles. The molecule has 0 saturated carbocycles. The Morgan fingerprint density at radius 1 is 1.28 bits per heavy atom. The van der Waals surface area contributed by atoms with Gasteiger partial charge in [0.1, 0.15) is 0 Å². The quantitative estimate of drug-likeness (QED) is 0.865. The van der Waals surface area contributed by atoms with Crippen LogP contribution in [0.5, 0.6) is 0 Å². The number of unbranched alkanes of at least 4 members (excludes halogenated alkanes) is 1. The third-order valence-corrected chi connectivity index (χ3v) is 4.11. The van der Waals surface area contributed by atoms with Crippen LogP contribution in [0.15, 0.2) is 30.3 Å². The van der Waals surface area contributed by atoms with E-state index in [1.165, 1.54) is 37.9 Å². The van der Waals surface area contributed by atoms with Crippen LogP contribution >= 0.6 is 0 Å². The molecule has 0 amide bonds. The van der Waals surface area contributed by atoms with Crippen LogP contribution in [0.4, 0.5) is 0 Å². The summed E-state index contributed by atoms with van der Waals surface area (Å²) in [6.07, 6.45) is 3.70. The molecule has 0 radical (unpaired) electrons. The van der Waals surface area contributed by atoms with E-state index < -0.39 is 0 Å². The molecule has 1 N–H and O–H groups in total. The van der Waals surface area contributed by atoms with E-state index in [1.807, 2.05) is 0 Å². The number of piperidine rings is 1. The van der Waals surface area contributed by atoms with Crippen molar-refractivity contribution in [1.82, 2.24) is 4.90 Å². The summed E-state index contributed by atoms with van der Waals surface area (Å²) in [5, 5.41) is 9.64. The monoisotopic (exact) mass is 247 g/mol. The van der Waals surface area contributed by atoms with Gasteiger partial charge in [0.15, 0.2) is 0 Å². The van der Waals surface area contributed by atoms with Gasteiger partial charge in [-0.3, -0.25) is 0 Å². The summed E-state index contributed by atoms with van der Waals surface area (Å²) in [5.41, 5.74) is 1.40. The lowest BCUT2D eigenvalue weighted by Crippen LogP contribution is -2.41. The van der Waals surface area contributed by atoms with Gasteiger partial charge in [0.2, 0.25) is 0 Å². The molecule has 100 valence electrons. The highest BCUT2D eigenvalue weighted by atomic mass is 16.3. The fourth-order valence-corrected chi connectivity index (χ4v) is 3.02. The maximum atomic E-state index is 9.64. The third kappa shape index (κ3) is 3.33. The maximum absolute atomic E-state index is 9.64. The van der Waals surface area contributed by atoms with Crippen molar-refractivity contribution < 1.29 is 5.11 Å². The molecule has 1 aromatic rings. The van der Waals surface area contributed by atoms with Crippen LogP contribution < -0.4 is 0 Å². The number of nitrogens with zero attached hydrogens (tertiary/aromatic N) is 1. The van der Waals surface area contributed by atoms with Gasteiger partial charge >= 0.3 is 0 Å². The van der Waals surface area contributed by atoms with Crippen molar-refractivity contribution in [2.45, 2.75) is 32.1 Å². The Labute approximate surface area is 111 Å². The number of aliphatic hydroxyl groups is 1. The summed E-state index contributed by atoms with van der Waals surface area (Å²) in [5.74, 6) is 0.937. The summed E-state index contributed by atoms with van der Waals surface area (Å²) in [4.78, 5) is 2.52. The van der Waals surface area contributed by atoms with E-state index in [1.54, 1.807) is 0 Å². The molecule has 2 nitrogen and oxygen atoms in total. The molecule has 0 aliphatic carbocycles. The van der Waals surface area contributed by atoms with Gasteiger partial charge in [0, 0.05) is 19.1 Å². The number of hydrogen-bond donors (Lipinski definition) is 1. The Bertz CT molecular complexity index is 338. The van der Waals surface area contributed by atoms with E-state index in [-0.39, 0.29) is 0 Å². The molecule has 2 atom stereocenters. The highest BCUT2D eigenvalue weighted by molar-refractivity contribution is 5.21. The summed E-state index contributed by atoms with van der Waals surface area (Å²) < 4.78 is 0. The molecule has 1 fully saturated rings. The lowest BCUT2D eigenvalue weighted by atomic mass is 9.81. The fraction of sp³-hybridized carbons (Fsp3) is 0.625. The Kier molecular flexibility index (Phi) is 5.21. The van der Waals surface area contributed by atoms with Crippen molar-refractivity contribution in [3.63, 3.8) is 0 Å². The van der Waals surface area contributed by atoms with Crippen molar-refractivity contribution in [2.24, 2.45) is 5.92 Å². The first kappa shape index (κ1) is 13.6. The average molecular weight is 247 g/mol. The lowest BCUT2D eigenvalue weighted by Gasteiger charge is -2.38. The average Bonchev–Trinajstić information content (AvgIpc) is 2.45. The fourth-order valence-electron chi connectivity index (χ4n) is 3.02. The molecule has 0 spiro atoms. The van der Waals surface area contributed by atoms with Gasteiger partial charge in [0.05, 0.1) is 0 Å². The molecule has 18 heavy (non-hydrogen) atoms. The summed E-state index contributed by atoms with van der Waals surface area (Å²) in [6.45, 7) is 5.96. The van der Waals surface area contributed by atoms with Gasteiger partial charge in [-0.15, -0.1) is 0 Å². The number of likely N-dealkylation sites (tertiary alicyclic amines) is 1. The van der Waals surface area contributed by atoms with E-state index in [4.69, 9.17) is 0 Å². The molecule has 1 saturated heterocycles. The SMILES string of the molecule is CCCCN1CC[C@H](c2ccccc2)[C@@H](CO)C1. The van der Waals surface area contributed by atoms with Gasteiger partial charge in [-0.2, -0.15) is 0 Å². The van der Waals surface area contributed by atoms with Gasteiger partial charge in [0.25, 0.3) is 0 Å². The third-order valence-electron chi connectivity index (χ3n) is 4.11. The van der Waals surface area contributed by atoms with Gasteiger partial charge in [-0.05, 0) is 37.4 Å². The smallest absolute Gasteiger partial charge is 0.0477 e. The van der Waals surface area contributed by atoms with Gasteiger partial charge in [-0.25, -0.2) is 0 Å². The van der Waals surface area contributed by atoms with Crippen LogP contribution in [0, 0.1) is 5.92 Å². The minimum atomic E-state index is 0.308. The minimum Gasteiger partial charge on any atom is -0.396 e. The van der Waals surface area contributed by atoms with Crippen molar-refractivity contribution in [1.29, 1.82) is 0 Å². The van der Waals surface area contributed by atoms with Gasteiger partial charge in [-0.1, -0.05) is 43.7 Å². The molecular formula is C16H25NO. The second-order valence-electron chi connectivity index (χ2n) is 5.40. The van der Waals surface area contributed by atoms with Crippen molar-refractivity contribution in [3.05, 3.63) is 35.9 Å². The zero-order valence-corrected chi connectivity index (χ0v) is 11.4. The number of aliphatic hydroxyl groups excluding tert-OH is 1. The molecule has 1 heterocycles. The number of hydrogen-bond acceptors (Lipinski definition) is 2. The van der Waals surface area contributed by atoms with E-state index >= 15 is 0 Å². The van der Waals surface area contributed by atoms with Crippen LogP contribution in [-0.4, -0.2) is 36.2 Å². The van der Waals surface area contributed by atoms with Crippen molar-refractivity contribution >= 4 is 0 Å². The van der Waals surface area contributed by atoms with E-state index in [9.17, 15) is 5.11 Å². The van der Waals surface area contributed by atoms with Crippen LogP contribution in [0.1, 0.15) is 37.7 Å². The Morgan fingerprint density at radius 2 is 2.06 bits per heavy atom. The zero-order valence-electron chi connectivity index (χ0n) is 11.4. The first-order valence-corrected chi connectivity index (χ1v) is 7.23. The van der Waals surface area contributed by atoms with Crippen LogP contribution in [-0.2, 0) is 0 Å². The summed E-state index contributed by atoms with van der Waals surface area (Å²) in [7, 11) is 0. The molecule has 0 bridgehead atoms. The van der Waals surface area contributed by atoms with Crippen LogP contribution in [0.3, 0.4) is 0 Å². The highest BCUT2D eigenvalue weighted by Gasteiger charge is 2.29. The molecule has 1 aliphatic rings. The van der Waals surface area contributed by atoms with Gasteiger partial charge < -0.3 is 10.0 Å². The first-order chi connectivity index (χ1) is 8.85. The Morgan fingerprint density at radius 3 is 2.72 bits per heavy atom. The first-order valence-electron chi connectivity index (χ1n) is 7.23. The van der Waals surface area contributed by atoms with Crippen LogP contribution in [0.2, 0.25) is 0 Å². The number of rotatable bonds is 5. The molecular weight excluding hydrogens is 222 g/mol. The highest BCUT2D eigenvalue weighted by Crippen LogP contribution is 2.32. The Hall–Kier alpha value is -0.860. The summed E-state index contributed by atoms with van der Waals surface area (Å²) in [6, 6.07) is 10.7. The zero-order chi connectivity index (χ0) is 12.8. The number of benzene rings is 1. The second-order valence-corrected chi connectivity index (χ2v) is 5.40. The second kappa shape index (κ2) is 6.91. The van der Waals surface area contributed by atoms with E-state index in [0.717, 1.165) is 6.54 Å². The predicted octanol–water partition coefficient (Wildman–Crippen LogP) is 2.88. The standard InChI is InChI=1S/C16H25NO/c1-2-3-10-17-11-9-16(15(12-17)13-18)14-7-5-4-6-8-14/h4-8,15-16,18H,2-3,9-13H2,1H3/t15-,16-/m1/s1. The molecule has 0 unspecified atom stereocenters. The molecule has 0 aromatic heterocycles. The molecule has 2 heteroatoms. The predicted molar refractivity (Wildman–Crippen MR) is 75.7 cm³/mol. The minimum absolute atomic E-state index is 0.308. The topological polar surface area (TPSA) is 23.5 Å². The largest absolute Gasteiger partial charge is 0.396 e. The Balaban J connectivity index is 1.98.